The van der Waals surface area contributed by atoms with Crippen molar-refractivity contribution >= 4 is 11.8 Å². The molecule has 1 N–H and O–H groups in total. The highest BCUT2D eigenvalue weighted by Gasteiger charge is 2.41. The molecule has 0 aromatic rings. The van der Waals surface area contributed by atoms with Gasteiger partial charge in [-0.15, -0.1) is 0 Å². The van der Waals surface area contributed by atoms with Crippen molar-refractivity contribution < 1.29 is 18.4 Å². The summed E-state index contributed by atoms with van der Waals surface area (Å²) in [6.45, 7) is 3.24. The molecular weight excluding hydrogens is 230 g/mol. The molecule has 2 amide bonds. The number of carbonyl (C=O) groups is 2. The largest absolute Gasteiger partial charge is 0.300 e. The zero-order valence-electron chi connectivity index (χ0n) is 10.1. The lowest BCUT2D eigenvalue weighted by Crippen LogP contribution is -2.44. The second-order valence-corrected chi connectivity index (χ2v) is 4.13. The standard InChI is InChI=1S/C11H18F2N2O2/c1-3-7(4-2)15-10(16)5-8(11(15)17)14-6-9(12)13/h7-9,14H,3-6H2,1-2H3. The predicted molar refractivity (Wildman–Crippen MR) is 58.6 cm³/mol. The first kappa shape index (κ1) is 14.0. The molecule has 1 rings (SSSR count). The summed E-state index contributed by atoms with van der Waals surface area (Å²) in [4.78, 5) is 24.8. The topological polar surface area (TPSA) is 49.4 Å². The van der Waals surface area contributed by atoms with Crippen molar-refractivity contribution in [2.75, 3.05) is 6.54 Å². The van der Waals surface area contributed by atoms with Gasteiger partial charge in [0.15, 0.2) is 0 Å². The molecule has 1 atom stereocenters. The van der Waals surface area contributed by atoms with Crippen LogP contribution in [0.2, 0.25) is 0 Å². The Kier molecular flexibility index (Phi) is 4.99. The number of nitrogens with zero attached hydrogens (tertiary/aromatic N) is 1. The van der Waals surface area contributed by atoms with E-state index in [0.29, 0.717) is 12.8 Å². The molecule has 1 heterocycles. The smallest absolute Gasteiger partial charge is 0.250 e. The van der Waals surface area contributed by atoms with Crippen molar-refractivity contribution in [1.29, 1.82) is 0 Å². The fourth-order valence-corrected chi connectivity index (χ4v) is 2.08. The van der Waals surface area contributed by atoms with Gasteiger partial charge in [0.2, 0.25) is 11.8 Å². The SMILES string of the molecule is CCC(CC)N1C(=O)CC(NCC(F)F)C1=O. The van der Waals surface area contributed by atoms with Gasteiger partial charge in [0.1, 0.15) is 0 Å². The van der Waals surface area contributed by atoms with E-state index < -0.39 is 19.0 Å². The number of hydrogen-bond acceptors (Lipinski definition) is 3. The minimum Gasteiger partial charge on any atom is -0.300 e. The predicted octanol–water partition coefficient (Wildman–Crippen LogP) is 1.16. The van der Waals surface area contributed by atoms with Crippen LogP contribution in [0.15, 0.2) is 0 Å². The molecule has 98 valence electrons. The molecule has 1 aliphatic rings. The molecule has 1 fully saturated rings. The highest BCUT2D eigenvalue weighted by molar-refractivity contribution is 6.05. The Morgan fingerprint density at radius 1 is 1.35 bits per heavy atom. The Bertz CT molecular complexity index is 293. The average Bonchev–Trinajstić information content (AvgIpc) is 2.55. The number of carbonyl (C=O) groups excluding carboxylic acids is 2. The molecule has 0 radical (unpaired) electrons. The Morgan fingerprint density at radius 2 is 1.94 bits per heavy atom. The average molecular weight is 248 g/mol. The van der Waals surface area contributed by atoms with Gasteiger partial charge in [-0.3, -0.25) is 19.8 Å². The van der Waals surface area contributed by atoms with Gasteiger partial charge >= 0.3 is 0 Å². The Morgan fingerprint density at radius 3 is 2.41 bits per heavy atom. The quantitative estimate of drug-likeness (QED) is 0.717. The maximum Gasteiger partial charge on any atom is 0.250 e. The van der Waals surface area contributed by atoms with Crippen LogP contribution in [0.3, 0.4) is 0 Å². The third-order valence-corrected chi connectivity index (χ3v) is 3.01. The first-order chi connectivity index (χ1) is 8.01. The molecule has 0 aromatic heterocycles. The first-order valence-corrected chi connectivity index (χ1v) is 5.88. The summed E-state index contributed by atoms with van der Waals surface area (Å²) in [5, 5.41) is 2.43. The van der Waals surface area contributed by atoms with Gasteiger partial charge in [0.25, 0.3) is 6.43 Å². The minimum absolute atomic E-state index is 0.0119. The third-order valence-electron chi connectivity index (χ3n) is 3.01. The van der Waals surface area contributed by atoms with Crippen LogP contribution < -0.4 is 5.32 Å². The van der Waals surface area contributed by atoms with Crippen molar-refractivity contribution in [3.63, 3.8) is 0 Å². The normalized spacial score (nSPS) is 21.1. The van der Waals surface area contributed by atoms with Gasteiger partial charge in [0.05, 0.1) is 19.0 Å². The zero-order chi connectivity index (χ0) is 13.0. The Balaban J connectivity index is 2.64. The molecule has 0 aliphatic carbocycles. The molecule has 17 heavy (non-hydrogen) atoms. The van der Waals surface area contributed by atoms with Gasteiger partial charge in [-0.25, -0.2) is 8.78 Å². The lowest BCUT2D eigenvalue weighted by molar-refractivity contribution is -0.141. The monoisotopic (exact) mass is 248 g/mol. The molecular formula is C11H18F2N2O2. The van der Waals surface area contributed by atoms with Crippen LogP contribution in [0.5, 0.6) is 0 Å². The van der Waals surface area contributed by atoms with Gasteiger partial charge < -0.3 is 0 Å². The summed E-state index contributed by atoms with van der Waals surface area (Å²) >= 11 is 0. The number of hydrogen-bond donors (Lipinski definition) is 1. The lowest BCUT2D eigenvalue weighted by atomic mass is 10.1. The number of alkyl halides is 2. The van der Waals surface area contributed by atoms with E-state index in [-0.39, 0.29) is 24.3 Å². The van der Waals surface area contributed by atoms with Crippen LogP contribution in [0, 0.1) is 0 Å². The van der Waals surface area contributed by atoms with E-state index in [4.69, 9.17) is 0 Å². The summed E-state index contributed by atoms with van der Waals surface area (Å²) in [7, 11) is 0. The van der Waals surface area contributed by atoms with Crippen LogP contribution in [0.1, 0.15) is 33.1 Å². The van der Waals surface area contributed by atoms with Crippen molar-refractivity contribution in [1.82, 2.24) is 10.2 Å². The molecule has 1 saturated heterocycles. The molecule has 1 aliphatic heterocycles. The van der Waals surface area contributed by atoms with Gasteiger partial charge in [-0.2, -0.15) is 0 Å². The summed E-state index contributed by atoms with van der Waals surface area (Å²) in [5.74, 6) is -0.639. The van der Waals surface area contributed by atoms with Crippen LogP contribution in [-0.4, -0.2) is 41.8 Å². The van der Waals surface area contributed by atoms with Crippen LogP contribution >= 0.6 is 0 Å². The number of nitrogens with one attached hydrogen (secondary N) is 1. The number of likely N-dealkylation sites (tertiary alicyclic amines) is 1. The second-order valence-electron chi connectivity index (χ2n) is 4.13. The molecule has 0 bridgehead atoms. The number of rotatable bonds is 6. The van der Waals surface area contributed by atoms with Gasteiger partial charge in [-0.05, 0) is 12.8 Å². The van der Waals surface area contributed by atoms with Crippen molar-refractivity contribution in [2.45, 2.75) is 51.6 Å². The van der Waals surface area contributed by atoms with Crippen molar-refractivity contribution in [2.24, 2.45) is 0 Å². The fraction of sp³-hybridized carbons (Fsp3) is 0.818. The van der Waals surface area contributed by atoms with E-state index in [2.05, 4.69) is 5.32 Å². The summed E-state index contributed by atoms with van der Waals surface area (Å²) in [6, 6.07) is -0.898. The van der Waals surface area contributed by atoms with E-state index in [1.165, 1.54) is 4.90 Å². The van der Waals surface area contributed by atoms with Crippen molar-refractivity contribution in [3.05, 3.63) is 0 Å². The lowest BCUT2D eigenvalue weighted by Gasteiger charge is -2.24. The van der Waals surface area contributed by atoms with E-state index >= 15 is 0 Å². The minimum atomic E-state index is -2.51. The Labute approximate surface area is 99.3 Å². The molecule has 1 unspecified atom stereocenters. The van der Waals surface area contributed by atoms with Crippen LogP contribution in [-0.2, 0) is 9.59 Å². The first-order valence-electron chi connectivity index (χ1n) is 5.88. The van der Waals surface area contributed by atoms with E-state index in [1.807, 2.05) is 13.8 Å². The Hall–Kier alpha value is -1.04. The maximum absolute atomic E-state index is 12.0. The van der Waals surface area contributed by atoms with Crippen LogP contribution in [0.25, 0.3) is 0 Å². The number of amides is 2. The number of halogens is 2. The highest BCUT2D eigenvalue weighted by Crippen LogP contribution is 2.20. The van der Waals surface area contributed by atoms with Gasteiger partial charge in [0, 0.05) is 6.04 Å². The maximum atomic E-state index is 12.0. The number of imide groups is 1. The molecule has 6 heteroatoms. The summed E-state index contributed by atoms with van der Waals surface area (Å²) in [5.41, 5.74) is 0. The summed E-state index contributed by atoms with van der Waals surface area (Å²) in [6.07, 6.45) is -1.15. The molecule has 0 saturated carbocycles. The second kappa shape index (κ2) is 6.05. The van der Waals surface area contributed by atoms with E-state index in [0.717, 1.165) is 0 Å². The van der Waals surface area contributed by atoms with E-state index in [9.17, 15) is 18.4 Å². The van der Waals surface area contributed by atoms with Crippen LogP contribution in [0.4, 0.5) is 8.78 Å². The highest BCUT2D eigenvalue weighted by atomic mass is 19.3. The molecule has 4 nitrogen and oxygen atoms in total. The third kappa shape index (κ3) is 3.21. The van der Waals surface area contributed by atoms with E-state index in [1.54, 1.807) is 0 Å². The summed E-state index contributed by atoms with van der Waals surface area (Å²) < 4.78 is 24.1. The van der Waals surface area contributed by atoms with Crippen molar-refractivity contribution in [3.8, 4) is 0 Å². The molecule has 0 spiro atoms. The fourth-order valence-electron chi connectivity index (χ4n) is 2.08. The molecule has 0 aromatic carbocycles. The van der Waals surface area contributed by atoms with Gasteiger partial charge in [-0.1, -0.05) is 13.8 Å². The zero-order valence-corrected chi connectivity index (χ0v) is 10.1.